The third-order valence-corrected chi connectivity index (χ3v) is 3.91. The maximum absolute atomic E-state index is 4.66. The highest BCUT2D eigenvalue weighted by atomic mass is 32.1. The van der Waals surface area contributed by atoms with Crippen molar-refractivity contribution in [3.05, 3.63) is 52.6 Å². The number of anilines is 1. The molecule has 20 heavy (non-hydrogen) atoms. The number of aromatic nitrogens is 3. The topological polar surface area (TPSA) is 42.7 Å². The lowest BCUT2D eigenvalue weighted by atomic mass is 10.2. The van der Waals surface area contributed by atoms with Crippen molar-refractivity contribution < 1.29 is 0 Å². The summed E-state index contributed by atoms with van der Waals surface area (Å²) < 4.78 is 1.81. The van der Waals surface area contributed by atoms with Crippen LogP contribution in [0.2, 0.25) is 0 Å². The van der Waals surface area contributed by atoms with E-state index >= 15 is 0 Å². The van der Waals surface area contributed by atoms with Gasteiger partial charge in [-0.05, 0) is 6.92 Å². The lowest BCUT2D eigenvalue weighted by molar-refractivity contribution is 0.756. The molecular formula is C15H16N4S. The first-order valence-corrected chi connectivity index (χ1v) is 7.34. The van der Waals surface area contributed by atoms with Crippen LogP contribution in [0.25, 0.3) is 11.3 Å². The third kappa shape index (κ3) is 2.72. The number of aryl methyl sites for hydroxylation is 2. The molecule has 5 heteroatoms. The first-order valence-electron chi connectivity index (χ1n) is 6.46. The van der Waals surface area contributed by atoms with Gasteiger partial charge in [-0.25, -0.2) is 4.98 Å². The third-order valence-electron chi connectivity index (χ3n) is 3.06. The molecule has 2 heterocycles. The van der Waals surface area contributed by atoms with Crippen LogP contribution in [0.1, 0.15) is 10.7 Å². The molecule has 1 aromatic carbocycles. The summed E-state index contributed by atoms with van der Waals surface area (Å²) in [5, 5.41) is 10.9. The molecule has 3 aromatic rings. The first-order chi connectivity index (χ1) is 9.72. The smallest absolute Gasteiger partial charge is 0.112 e. The molecule has 0 saturated carbocycles. The molecular weight excluding hydrogens is 268 g/mol. The van der Waals surface area contributed by atoms with Gasteiger partial charge in [0.05, 0.1) is 23.6 Å². The van der Waals surface area contributed by atoms with Gasteiger partial charge in [0.1, 0.15) is 5.01 Å². The van der Waals surface area contributed by atoms with E-state index in [1.54, 1.807) is 11.3 Å². The summed E-state index contributed by atoms with van der Waals surface area (Å²) in [5.41, 5.74) is 4.26. The van der Waals surface area contributed by atoms with Gasteiger partial charge in [0.2, 0.25) is 0 Å². The second kappa shape index (κ2) is 5.46. The molecule has 2 aromatic heterocycles. The molecule has 0 radical (unpaired) electrons. The van der Waals surface area contributed by atoms with Crippen molar-refractivity contribution in [1.82, 2.24) is 14.8 Å². The standard InChI is InChI=1S/C15H16N4S/c1-11-13(9-19(2)18-11)16-8-15-17-14(10-20-15)12-6-4-3-5-7-12/h3-7,9-10,16H,8H2,1-2H3. The predicted molar refractivity (Wildman–Crippen MR) is 82.8 cm³/mol. The average molecular weight is 284 g/mol. The Hall–Kier alpha value is -2.14. The van der Waals surface area contributed by atoms with Crippen molar-refractivity contribution in [3.63, 3.8) is 0 Å². The van der Waals surface area contributed by atoms with E-state index in [9.17, 15) is 0 Å². The summed E-state index contributed by atoms with van der Waals surface area (Å²) in [7, 11) is 1.93. The van der Waals surface area contributed by atoms with Crippen molar-refractivity contribution in [2.45, 2.75) is 13.5 Å². The Kier molecular flexibility index (Phi) is 3.52. The number of nitrogens with zero attached hydrogens (tertiary/aromatic N) is 3. The summed E-state index contributed by atoms with van der Waals surface area (Å²) in [4.78, 5) is 4.66. The van der Waals surface area contributed by atoms with Gasteiger partial charge in [0.25, 0.3) is 0 Å². The lowest BCUT2D eigenvalue weighted by Crippen LogP contribution is -1.99. The Bertz CT molecular complexity index is 700. The van der Waals surface area contributed by atoms with Gasteiger partial charge >= 0.3 is 0 Å². The Morgan fingerprint density at radius 3 is 2.75 bits per heavy atom. The lowest BCUT2D eigenvalue weighted by Gasteiger charge is -2.01. The SMILES string of the molecule is Cc1nn(C)cc1NCc1nc(-c2ccccc2)cs1. The minimum Gasteiger partial charge on any atom is -0.376 e. The van der Waals surface area contributed by atoms with Crippen LogP contribution in [0, 0.1) is 6.92 Å². The molecule has 0 saturated heterocycles. The highest BCUT2D eigenvalue weighted by Gasteiger charge is 2.06. The van der Waals surface area contributed by atoms with Crippen LogP contribution in [0.4, 0.5) is 5.69 Å². The Labute approximate surface area is 122 Å². The fraction of sp³-hybridized carbons (Fsp3) is 0.200. The number of benzene rings is 1. The van der Waals surface area contributed by atoms with Gasteiger partial charge in [-0.2, -0.15) is 5.10 Å². The number of thiazole rings is 1. The van der Waals surface area contributed by atoms with Gasteiger partial charge in [0.15, 0.2) is 0 Å². The summed E-state index contributed by atoms with van der Waals surface area (Å²) in [6, 6.07) is 10.2. The second-order valence-corrected chi connectivity index (χ2v) is 5.59. The monoisotopic (exact) mass is 284 g/mol. The zero-order valence-electron chi connectivity index (χ0n) is 11.5. The molecule has 3 rings (SSSR count). The van der Waals surface area contributed by atoms with E-state index in [-0.39, 0.29) is 0 Å². The average Bonchev–Trinajstić information content (AvgIpc) is 3.04. The molecule has 102 valence electrons. The highest BCUT2D eigenvalue weighted by molar-refractivity contribution is 7.09. The van der Waals surface area contributed by atoms with Crippen molar-refractivity contribution >= 4 is 17.0 Å². The van der Waals surface area contributed by atoms with E-state index in [1.807, 2.05) is 43.0 Å². The zero-order valence-corrected chi connectivity index (χ0v) is 12.3. The largest absolute Gasteiger partial charge is 0.376 e. The molecule has 0 spiro atoms. The molecule has 1 N–H and O–H groups in total. The maximum Gasteiger partial charge on any atom is 0.112 e. The Morgan fingerprint density at radius 1 is 1.25 bits per heavy atom. The van der Waals surface area contributed by atoms with Crippen LogP contribution in [0.15, 0.2) is 41.9 Å². The maximum atomic E-state index is 4.66. The summed E-state index contributed by atoms with van der Waals surface area (Å²) in [6.07, 6.45) is 1.99. The fourth-order valence-corrected chi connectivity index (χ4v) is 2.82. The van der Waals surface area contributed by atoms with Gasteiger partial charge in [-0.3, -0.25) is 4.68 Å². The van der Waals surface area contributed by atoms with E-state index in [0.717, 1.165) is 34.2 Å². The molecule has 0 aliphatic heterocycles. The molecule has 0 amide bonds. The first kappa shape index (κ1) is 12.9. The normalized spacial score (nSPS) is 10.7. The van der Waals surface area contributed by atoms with Crippen molar-refractivity contribution in [2.75, 3.05) is 5.32 Å². The van der Waals surface area contributed by atoms with E-state index < -0.39 is 0 Å². The molecule has 0 aliphatic rings. The van der Waals surface area contributed by atoms with Crippen LogP contribution in [-0.4, -0.2) is 14.8 Å². The predicted octanol–water partition coefficient (Wildman–Crippen LogP) is 3.46. The molecule has 0 unspecified atom stereocenters. The van der Waals surface area contributed by atoms with Crippen LogP contribution >= 0.6 is 11.3 Å². The Morgan fingerprint density at radius 2 is 2.05 bits per heavy atom. The van der Waals surface area contributed by atoms with E-state index in [0.29, 0.717) is 0 Å². The fourth-order valence-electron chi connectivity index (χ4n) is 2.08. The van der Waals surface area contributed by atoms with E-state index in [4.69, 9.17) is 0 Å². The van der Waals surface area contributed by atoms with Crippen molar-refractivity contribution in [3.8, 4) is 11.3 Å². The van der Waals surface area contributed by atoms with Crippen LogP contribution in [0.3, 0.4) is 0 Å². The van der Waals surface area contributed by atoms with Crippen LogP contribution < -0.4 is 5.32 Å². The van der Waals surface area contributed by atoms with Gasteiger partial charge in [-0.1, -0.05) is 30.3 Å². The second-order valence-electron chi connectivity index (χ2n) is 4.65. The van der Waals surface area contributed by atoms with Crippen molar-refractivity contribution in [2.24, 2.45) is 7.05 Å². The van der Waals surface area contributed by atoms with Gasteiger partial charge in [-0.15, -0.1) is 11.3 Å². The van der Waals surface area contributed by atoms with Gasteiger partial charge < -0.3 is 5.32 Å². The van der Waals surface area contributed by atoms with E-state index in [2.05, 4.69) is 32.9 Å². The minimum atomic E-state index is 0.726. The summed E-state index contributed by atoms with van der Waals surface area (Å²) in [5.74, 6) is 0. The molecule has 4 nitrogen and oxygen atoms in total. The number of rotatable bonds is 4. The van der Waals surface area contributed by atoms with Crippen LogP contribution in [0.5, 0.6) is 0 Å². The Balaban J connectivity index is 1.70. The highest BCUT2D eigenvalue weighted by Crippen LogP contribution is 2.22. The molecule has 0 bridgehead atoms. The number of nitrogens with one attached hydrogen (secondary N) is 1. The number of hydrogen-bond donors (Lipinski definition) is 1. The molecule has 0 aliphatic carbocycles. The summed E-state index contributed by atoms with van der Waals surface area (Å²) in [6.45, 7) is 2.73. The summed E-state index contributed by atoms with van der Waals surface area (Å²) >= 11 is 1.68. The van der Waals surface area contributed by atoms with Crippen LogP contribution in [-0.2, 0) is 13.6 Å². The zero-order chi connectivity index (χ0) is 13.9. The minimum absolute atomic E-state index is 0.726. The molecule has 0 fully saturated rings. The van der Waals surface area contributed by atoms with Crippen molar-refractivity contribution in [1.29, 1.82) is 0 Å². The van der Waals surface area contributed by atoms with Gasteiger partial charge in [0, 0.05) is 24.2 Å². The number of hydrogen-bond acceptors (Lipinski definition) is 4. The molecule has 0 atom stereocenters. The quantitative estimate of drug-likeness (QED) is 0.797. The van der Waals surface area contributed by atoms with E-state index in [1.165, 1.54) is 0 Å².